The number of hydrogen-bond donors (Lipinski definition) is 3. The fourth-order valence-electron chi connectivity index (χ4n) is 2.64. The molecule has 2 amide bonds. The van der Waals surface area contributed by atoms with Gasteiger partial charge in [-0.2, -0.15) is 0 Å². The number of hydrogen-bond acceptors (Lipinski definition) is 4. The van der Waals surface area contributed by atoms with Crippen molar-refractivity contribution in [2.24, 2.45) is 17.8 Å². The van der Waals surface area contributed by atoms with E-state index in [1.54, 1.807) is 20.8 Å². The molecule has 0 rings (SSSR count). The molecule has 0 saturated carbocycles. The second kappa shape index (κ2) is 11.0. The van der Waals surface area contributed by atoms with Gasteiger partial charge in [0.2, 0.25) is 5.91 Å². The number of aliphatic carboxylic acids is 1. The van der Waals surface area contributed by atoms with Crippen molar-refractivity contribution in [2.45, 2.75) is 79.4 Å². The third-order valence-corrected chi connectivity index (χ3v) is 4.00. The molecule has 2 unspecified atom stereocenters. The van der Waals surface area contributed by atoms with E-state index in [1.165, 1.54) is 0 Å². The van der Waals surface area contributed by atoms with Gasteiger partial charge < -0.3 is 20.5 Å². The van der Waals surface area contributed by atoms with Gasteiger partial charge in [-0.1, -0.05) is 34.1 Å². The van der Waals surface area contributed by atoms with Crippen molar-refractivity contribution >= 4 is 18.0 Å². The number of carbonyl (C=O) groups is 3. The van der Waals surface area contributed by atoms with Gasteiger partial charge in [0.05, 0.1) is 0 Å². The Morgan fingerprint density at radius 2 is 1.69 bits per heavy atom. The topological polar surface area (TPSA) is 105 Å². The standard InChI is InChI=1S/C19H36N2O5/c1-8-13(4)16(21-18(25)26-19(5,6)7)17(24)20-11-14(9-12(2)3)10-15(22)23/h12-14,16H,8-11H2,1-7H3,(H,20,24)(H,21,25)(H,22,23)/t13?,14-,16?/m0/s1. The summed E-state index contributed by atoms with van der Waals surface area (Å²) in [6.45, 7) is 13.4. The van der Waals surface area contributed by atoms with E-state index >= 15 is 0 Å². The molecular formula is C19H36N2O5. The maximum atomic E-state index is 12.6. The lowest BCUT2D eigenvalue weighted by Gasteiger charge is -2.27. The highest BCUT2D eigenvalue weighted by Crippen LogP contribution is 2.16. The highest BCUT2D eigenvalue weighted by atomic mass is 16.6. The average molecular weight is 373 g/mol. The van der Waals surface area contributed by atoms with Crippen molar-refractivity contribution in [1.29, 1.82) is 0 Å². The number of carboxylic acids is 1. The van der Waals surface area contributed by atoms with Crippen LogP contribution >= 0.6 is 0 Å². The van der Waals surface area contributed by atoms with Crippen molar-refractivity contribution in [2.75, 3.05) is 6.54 Å². The van der Waals surface area contributed by atoms with E-state index in [-0.39, 0.29) is 30.7 Å². The predicted molar refractivity (Wildman–Crippen MR) is 101 cm³/mol. The lowest BCUT2D eigenvalue weighted by molar-refractivity contribution is -0.138. The number of ether oxygens (including phenoxy) is 1. The van der Waals surface area contributed by atoms with Crippen LogP contribution in [-0.4, -0.2) is 41.3 Å². The molecule has 0 fully saturated rings. The molecule has 0 aromatic carbocycles. The van der Waals surface area contributed by atoms with Crippen LogP contribution in [-0.2, 0) is 14.3 Å². The van der Waals surface area contributed by atoms with Gasteiger partial charge in [-0.05, 0) is 44.9 Å². The van der Waals surface area contributed by atoms with E-state index in [9.17, 15) is 14.4 Å². The summed E-state index contributed by atoms with van der Waals surface area (Å²) in [5.74, 6) is -1.08. The summed E-state index contributed by atoms with van der Waals surface area (Å²) in [6, 6.07) is -0.723. The van der Waals surface area contributed by atoms with Gasteiger partial charge in [-0.3, -0.25) is 9.59 Å². The molecule has 0 saturated heterocycles. The summed E-state index contributed by atoms with van der Waals surface area (Å²) in [7, 11) is 0. The van der Waals surface area contributed by atoms with Crippen LogP contribution in [0.4, 0.5) is 4.79 Å². The quantitative estimate of drug-likeness (QED) is 0.546. The first-order chi connectivity index (χ1) is 11.9. The third kappa shape index (κ3) is 10.9. The van der Waals surface area contributed by atoms with Crippen molar-refractivity contribution in [3.8, 4) is 0 Å². The lowest BCUT2D eigenvalue weighted by Crippen LogP contribution is -2.52. The minimum atomic E-state index is -0.879. The molecule has 7 nitrogen and oxygen atoms in total. The number of alkyl carbamates (subject to hydrolysis) is 1. The van der Waals surface area contributed by atoms with E-state index in [4.69, 9.17) is 9.84 Å². The SMILES string of the molecule is CCC(C)C(NC(=O)OC(C)(C)C)C(=O)NC[C@H](CC(=O)O)CC(C)C. The summed E-state index contributed by atoms with van der Waals surface area (Å²) in [6.07, 6.45) is 0.784. The fraction of sp³-hybridized carbons (Fsp3) is 0.842. The minimum Gasteiger partial charge on any atom is -0.481 e. The molecule has 0 aromatic heterocycles. The molecule has 0 aliphatic heterocycles. The molecule has 0 radical (unpaired) electrons. The first-order valence-electron chi connectivity index (χ1n) is 9.34. The molecule has 3 atom stereocenters. The molecule has 0 aromatic rings. The Bertz CT molecular complexity index is 471. The van der Waals surface area contributed by atoms with Crippen LogP contribution < -0.4 is 10.6 Å². The number of amides is 2. The fourth-order valence-corrected chi connectivity index (χ4v) is 2.64. The molecule has 0 spiro atoms. The third-order valence-electron chi connectivity index (χ3n) is 4.00. The van der Waals surface area contributed by atoms with Gasteiger partial charge in [-0.25, -0.2) is 4.79 Å². The minimum absolute atomic E-state index is 0.00591. The Hall–Kier alpha value is -1.79. The number of carbonyl (C=O) groups excluding carboxylic acids is 2. The summed E-state index contributed by atoms with van der Waals surface area (Å²) >= 11 is 0. The average Bonchev–Trinajstić information content (AvgIpc) is 2.46. The van der Waals surface area contributed by atoms with Crippen molar-refractivity contribution < 1.29 is 24.2 Å². The normalized spacial score (nSPS) is 15.1. The summed E-state index contributed by atoms with van der Waals surface area (Å²) in [5.41, 5.74) is -0.648. The smallest absolute Gasteiger partial charge is 0.408 e. The van der Waals surface area contributed by atoms with Gasteiger partial charge in [0.1, 0.15) is 11.6 Å². The van der Waals surface area contributed by atoms with Crippen molar-refractivity contribution in [1.82, 2.24) is 10.6 Å². The number of carboxylic acid groups (broad SMARTS) is 1. The Morgan fingerprint density at radius 1 is 1.12 bits per heavy atom. The molecule has 26 heavy (non-hydrogen) atoms. The second-order valence-electron chi connectivity index (χ2n) is 8.35. The summed E-state index contributed by atoms with van der Waals surface area (Å²) in [5, 5.41) is 14.5. The van der Waals surface area contributed by atoms with Crippen LogP contribution in [0.25, 0.3) is 0 Å². The van der Waals surface area contributed by atoms with E-state index in [0.717, 1.165) is 0 Å². The van der Waals surface area contributed by atoms with Crippen molar-refractivity contribution in [3.05, 3.63) is 0 Å². The number of rotatable bonds is 10. The second-order valence-corrected chi connectivity index (χ2v) is 8.35. The Balaban J connectivity index is 4.90. The lowest BCUT2D eigenvalue weighted by atomic mass is 9.93. The maximum absolute atomic E-state index is 12.6. The summed E-state index contributed by atoms with van der Waals surface area (Å²) in [4.78, 5) is 35.6. The van der Waals surface area contributed by atoms with Crippen LogP contribution in [0, 0.1) is 17.8 Å². The highest BCUT2D eigenvalue weighted by molar-refractivity contribution is 5.86. The number of nitrogens with one attached hydrogen (secondary N) is 2. The Kier molecular flexibility index (Phi) is 10.3. The van der Waals surface area contributed by atoms with Crippen molar-refractivity contribution in [3.63, 3.8) is 0 Å². The Labute approximate surface area is 157 Å². The molecular weight excluding hydrogens is 336 g/mol. The zero-order valence-corrected chi connectivity index (χ0v) is 17.2. The van der Waals surface area contributed by atoms with Gasteiger partial charge in [-0.15, -0.1) is 0 Å². The van der Waals surface area contributed by atoms with Gasteiger partial charge in [0, 0.05) is 13.0 Å². The van der Waals surface area contributed by atoms with Crippen LogP contribution in [0.15, 0.2) is 0 Å². The summed E-state index contributed by atoms with van der Waals surface area (Å²) < 4.78 is 5.24. The van der Waals surface area contributed by atoms with E-state index < -0.39 is 23.7 Å². The van der Waals surface area contributed by atoms with E-state index in [2.05, 4.69) is 10.6 Å². The molecule has 0 aliphatic rings. The van der Waals surface area contributed by atoms with Crippen LogP contribution in [0.3, 0.4) is 0 Å². The zero-order valence-electron chi connectivity index (χ0n) is 17.2. The van der Waals surface area contributed by atoms with Gasteiger partial charge >= 0.3 is 12.1 Å². The van der Waals surface area contributed by atoms with Gasteiger partial charge in [0.15, 0.2) is 0 Å². The predicted octanol–water partition coefficient (Wildman–Crippen LogP) is 3.18. The maximum Gasteiger partial charge on any atom is 0.408 e. The van der Waals surface area contributed by atoms with Crippen LogP contribution in [0.5, 0.6) is 0 Å². The molecule has 0 aliphatic carbocycles. The van der Waals surface area contributed by atoms with E-state index in [0.29, 0.717) is 18.8 Å². The molecule has 3 N–H and O–H groups in total. The molecule has 0 bridgehead atoms. The zero-order chi connectivity index (χ0) is 20.5. The Morgan fingerprint density at radius 3 is 2.12 bits per heavy atom. The molecule has 7 heteroatoms. The first-order valence-corrected chi connectivity index (χ1v) is 9.34. The van der Waals surface area contributed by atoms with Gasteiger partial charge in [0.25, 0.3) is 0 Å². The highest BCUT2D eigenvalue weighted by Gasteiger charge is 2.28. The largest absolute Gasteiger partial charge is 0.481 e. The monoisotopic (exact) mass is 372 g/mol. The molecule has 152 valence electrons. The first kappa shape index (κ1) is 24.2. The van der Waals surface area contributed by atoms with E-state index in [1.807, 2.05) is 27.7 Å². The van der Waals surface area contributed by atoms with Crippen LogP contribution in [0.2, 0.25) is 0 Å². The van der Waals surface area contributed by atoms with Crippen LogP contribution in [0.1, 0.15) is 67.7 Å². The molecule has 0 heterocycles.